The summed E-state index contributed by atoms with van der Waals surface area (Å²) in [5.74, 6) is 0.858. The molecule has 0 heterocycles. The molecule has 0 aromatic heterocycles. The van der Waals surface area contributed by atoms with Crippen LogP contribution in [0.25, 0.3) is 11.1 Å². The third-order valence-electron chi connectivity index (χ3n) is 6.17. The molecule has 0 saturated carbocycles. The van der Waals surface area contributed by atoms with E-state index in [0.717, 1.165) is 0 Å². The summed E-state index contributed by atoms with van der Waals surface area (Å²) >= 11 is 2.46. The van der Waals surface area contributed by atoms with Gasteiger partial charge in [-0.3, -0.25) is 0 Å². The lowest BCUT2D eigenvalue weighted by Crippen LogP contribution is -2.18. The molecular formula is C25H21I. The Labute approximate surface area is 169 Å². The highest BCUT2D eigenvalue weighted by Gasteiger charge is 2.36. The van der Waals surface area contributed by atoms with Crippen molar-refractivity contribution in [3.63, 3.8) is 0 Å². The summed E-state index contributed by atoms with van der Waals surface area (Å²) in [6.07, 6.45) is 13.6. The van der Waals surface area contributed by atoms with Gasteiger partial charge in [0.1, 0.15) is 0 Å². The van der Waals surface area contributed by atoms with Gasteiger partial charge in [-0.2, -0.15) is 0 Å². The molecule has 0 amide bonds. The lowest BCUT2D eigenvalue weighted by atomic mass is 9.74. The first kappa shape index (κ1) is 16.3. The van der Waals surface area contributed by atoms with Crippen LogP contribution in [0, 0.1) is 5.92 Å². The van der Waals surface area contributed by atoms with Gasteiger partial charge in [0.15, 0.2) is 0 Å². The summed E-state index contributed by atoms with van der Waals surface area (Å²) < 4.78 is 1.36. The van der Waals surface area contributed by atoms with Gasteiger partial charge in [0.2, 0.25) is 0 Å². The monoisotopic (exact) mass is 448 g/mol. The van der Waals surface area contributed by atoms with Crippen molar-refractivity contribution >= 4 is 22.6 Å². The zero-order valence-electron chi connectivity index (χ0n) is 15.0. The first-order valence-corrected chi connectivity index (χ1v) is 10.3. The van der Waals surface area contributed by atoms with Crippen molar-refractivity contribution in [2.45, 2.75) is 25.2 Å². The lowest BCUT2D eigenvalue weighted by molar-refractivity contribution is 0.646. The topological polar surface area (TPSA) is 0 Å². The molecule has 0 N–H and O–H groups in total. The number of rotatable bonds is 1. The van der Waals surface area contributed by atoms with E-state index in [2.05, 4.69) is 115 Å². The number of halogens is 1. The molecule has 26 heavy (non-hydrogen) atoms. The average Bonchev–Trinajstić information content (AvgIpc) is 2.90. The zero-order valence-corrected chi connectivity index (χ0v) is 17.2. The second-order valence-electron chi connectivity index (χ2n) is 7.93. The minimum absolute atomic E-state index is 0.0652. The second kappa shape index (κ2) is 5.82. The molecule has 2 aromatic carbocycles. The molecule has 3 aliphatic carbocycles. The van der Waals surface area contributed by atoms with Crippen LogP contribution >= 0.6 is 22.6 Å². The molecule has 1 unspecified atom stereocenters. The van der Waals surface area contributed by atoms with Gasteiger partial charge in [0.05, 0.1) is 0 Å². The van der Waals surface area contributed by atoms with E-state index >= 15 is 0 Å². The molecule has 0 bridgehead atoms. The van der Waals surface area contributed by atoms with Crippen LogP contribution in [0.5, 0.6) is 0 Å². The Morgan fingerprint density at radius 2 is 1.62 bits per heavy atom. The summed E-state index contributed by atoms with van der Waals surface area (Å²) in [5, 5.41) is 0. The number of benzene rings is 2. The number of hydrogen-bond acceptors (Lipinski definition) is 0. The normalized spacial score (nSPS) is 24.4. The average molecular weight is 448 g/mol. The van der Waals surface area contributed by atoms with Gasteiger partial charge in [0, 0.05) is 20.8 Å². The van der Waals surface area contributed by atoms with Crippen molar-refractivity contribution in [2.24, 2.45) is 5.92 Å². The molecule has 0 aliphatic heterocycles. The maximum absolute atomic E-state index is 2.46. The van der Waals surface area contributed by atoms with Gasteiger partial charge >= 0.3 is 0 Å². The molecule has 0 fully saturated rings. The van der Waals surface area contributed by atoms with Crippen LogP contribution in [0.4, 0.5) is 0 Å². The minimum Gasteiger partial charge on any atom is -0.0760 e. The van der Waals surface area contributed by atoms with Crippen LogP contribution in [0.15, 0.2) is 88.1 Å². The molecule has 3 aliphatic rings. The van der Waals surface area contributed by atoms with Crippen molar-refractivity contribution < 1.29 is 0 Å². The predicted octanol–water partition coefficient (Wildman–Crippen LogP) is 7.08. The molecular weight excluding hydrogens is 427 g/mol. The largest absolute Gasteiger partial charge is 0.0760 e. The summed E-state index contributed by atoms with van der Waals surface area (Å²) in [6.45, 7) is 4.71. The van der Waals surface area contributed by atoms with Crippen LogP contribution < -0.4 is 0 Å². The third-order valence-corrected chi connectivity index (χ3v) is 7.15. The zero-order chi connectivity index (χ0) is 17.9. The maximum atomic E-state index is 2.46. The van der Waals surface area contributed by atoms with E-state index in [0.29, 0.717) is 11.8 Å². The Hall–Kier alpha value is -1.87. The fraction of sp³-hybridized carbons (Fsp3) is 0.200. The van der Waals surface area contributed by atoms with Crippen molar-refractivity contribution in [1.82, 2.24) is 0 Å². The summed E-state index contributed by atoms with van der Waals surface area (Å²) in [7, 11) is 0. The molecule has 0 saturated heterocycles. The minimum atomic E-state index is 0.0652. The highest BCUT2D eigenvalue weighted by molar-refractivity contribution is 14.1. The first-order valence-electron chi connectivity index (χ1n) is 9.24. The Balaban J connectivity index is 1.62. The standard InChI is InChI=1S/C25H21I/c1-25(2)22-10-6-5-8-19(22)20-12-11-16(15-23(20)25)17-13-14-24(26)21-9-4-3-7-18(17)21/h3-15,17-18H,1-2H3/t17?,18-/m1/s1. The Morgan fingerprint density at radius 1 is 0.808 bits per heavy atom. The Morgan fingerprint density at radius 3 is 2.50 bits per heavy atom. The van der Waals surface area contributed by atoms with Gasteiger partial charge in [-0.05, 0) is 56.0 Å². The number of fused-ring (bicyclic) bond motifs is 4. The van der Waals surface area contributed by atoms with E-state index in [4.69, 9.17) is 0 Å². The van der Waals surface area contributed by atoms with Crippen LogP contribution in [0.3, 0.4) is 0 Å². The maximum Gasteiger partial charge on any atom is 0.0165 e. The molecule has 128 valence electrons. The van der Waals surface area contributed by atoms with E-state index < -0.39 is 0 Å². The number of allylic oxidation sites excluding steroid dienone is 8. The molecule has 5 rings (SSSR count). The SMILES string of the molecule is CC1(C)c2ccccc2-c2ccc(C3C=CC(I)=C4C=CC=C[C@@H]43)cc21. The smallest absolute Gasteiger partial charge is 0.0165 e. The first-order chi connectivity index (χ1) is 12.6. The lowest BCUT2D eigenvalue weighted by Gasteiger charge is -2.30. The molecule has 0 nitrogen and oxygen atoms in total. The predicted molar refractivity (Wildman–Crippen MR) is 119 cm³/mol. The van der Waals surface area contributed by atoms with Gasteiger partial charge in [0.25, 0.3) is 0 Å². The van der Waals surface area contributed by atoms with E-state index in [-0.39, 0.29) is 5.41 Å². The van der Waals surface area contributed by atoms with Crippen molar-refractivity contribution in [3.05, 3.63) is 105 Å². The molecule has 1 heteroatoms. The van der Waals surface area contributed by atoms with Crippen LogP contribution in [-0.4, -0.2) is 0 Å². The summed E-state index contributed by atoms with van der Waals surface area (Å²) in [5.41, 5.74) is 8.64. The van der Waals surface area contributed by atoms with E-state index in [1.807, 2.05) is 0 Å². The summed E-state index contributed by atoms with van der Waals surface area (Å²) in [6, 6.07) is 16.0. The van der Waals surface area contributed by atoms with E-state index in [1.54, 1.807) is 0 Å². The fourth-order valence-corrected chi connectivity index (χ4v) is 5.51. The molecule has 2 aromatic rings. The van der Waals surface area contributed by atoms with Crippen LogP contribution in [0.1, 0.15) is 36.5 Å². The van der Waals surface area contributed by atoms with Gasteiger partial charge in [-0.15, -0.1) is 0 Å². The van der Waals surface area contributed by atoms with Gasteiger partial charge < -0.3 is 0 Å². The van der Waals surface area contributed by atoms with Crippen LogP contribution in [-0.2, 0) is 5.41 Å². The van der Waals surface area contributed by atoms with E-state index in [9.17, 15) is 0 Å². The number of hydrogen-bond donors (Lipinski definition) is 0. The third kappa shape index (κ3) is 2.26. The summed E-state index contributed by atoms with van der Waals surface area (Å²) in [4.78, 5) is 0. The highest BCUT2D eigenvalue weighted by atomic mass is 127. The Kier molecular flexibility index (Phi) is 3.65. The highest BCUT2D eigenvalue weighted by Crippen LogP contribution is 2.50. The van der Waals surface area contributed by atoms with Gasteiger partial charge in [-0.1, -0.05) is 92.8 Å². The van der Waals surface area contributed by atoms with Crippen molar-refractivity contribution in [1.29, 1.82) is 0 Å². The van der Waals surface area contributed by atoms with Crippen molar-refractivity contribution in [2.75, 3.05) is 0 Å². The van der Waals surface area contributed by atoms with E-state index in [1.165, 1.54) is 37.0 Å². The molecule has 0 radical (unpaired) electrons. The molecule has 2 atom stereocenters. The second-order valence-corrected chi connectivity index (χ2v) is 9.10. The Bertz CT molecular complexity index is 1030. The molecule has 0 spiro atoms. The van der Waals surface area contributed by atoms with Crippen molar-refractivity contribution in [3.8, 4) is 11.1 Å². The quantitative estimate of drug-likeness (QED) is 0.409. The van der Waals surface area contributed by atoms with Gasteiger partial charge in [-0.25, -0.2) is 0 Å². The van der Waals surface area contributed by atoms with Crippen LogP contribution in [0.2, 0.25) is 0 Å². The fourth-order valence-electron chi connectivity index (χ4n) is 4.76.